The maximum absolute atomic E-state index is 12.0. The molecule has 4 heteroatoms. The monoisotopic (exact) mass is 264 g/mol. The van der Waals surface area contributed by atoms with Crippen LogP contribution in [0.2, 0.25) is 0 Å². The molecule has 0 aromatic carbocycles. The molecule has 4 atom stereocenters. The minimum atomic E-state index is -0.243. The van der Waals surface area contributed by atoms with Gasteiger partial charge in [-0.1, -0.05) is 12.2 Å². The second-order valence-corrected chi connectivity index (χ2v) is 5.87. The van der Waals surface area contributed by atoms with Crippen LogP contribution in [0.3, 0.4) is 0 Å². The Hall–Kier alpha value is -1.32. The summed E-state index contributed by atoms with van der Waals surface area (Å²) in [5, 5.41) is 0. The summed E-state index contributed by atoms with van der Waals surface area (Å²) in [4.78, 5) is 23.4. The van der Waals surface area contributed by atoms with Gasteiger partial charge in [-0.3, -0.25) is 9.59 Å². The maximum Gasteiger partial charge on any atom is 0.309 e. The van der Waals surface area contributed by atoms with Gasteiger partial charge >= 0.3 is 11.9 Å². The van der Waals surface area contributed by atoms with Crippen molar-refractivity contribution in [1.82, 2.24) is 0 Å². The summed E-state index contributed by atoms with van der Waals surface area (Å²) >= 11 is 0. The first kappa shape index (κ1) is 12.7. The highest BCUT2D eigenvalue weighted by molar-refractivity contribution is 5.74. The molecule has 0 radical (unpaired) electrons. The van der Waals surface area contributed by atoms with E-state index in [4.69, 9.17) is 9.47 Å². The highest BCUT2D eigenvalue weighted by Gasteiger charge is 2.41. The first-order chi connectivity index (χ1) is 9.22. The lowest BCUT2D eigenvalue weighted by atomic mass is 9.94. The van der Waals surface area contributed by atoms with Crippen LogP contribution in [0.25, 0.3) is 0 Å². The van der Waals surface area contributed by atoms with E-state index in [1.165, 1.54) is 0 Å². The molecule has 0 aromatic heterocycles. The van der Waals surface area contributed by atoms with E-state index in [0.717, 1.165) is 32.1 Å². The quantitative estimate of drug-likeness (QED) is 0.579. The largest absolute Gasteiger partial charge is 0.462 e. The fraction of sp³-hybridized carbons (Fsp3) is 0.733. The third-order valence-electron chi connectivity index (χ3n) is 4.45. The number of hydrogen-bond donors (Lipinski definition) is 0. The Kier molecular flexibility index (Phi) is 3.58. The molecule has 0 spiro atoms. The molecule has 0 amide bonds. The molecule has 1 heterocycles. The van der Waals surface area contributed by atoms with E-state index in [9.17, 15) is 9.59 Å². The normalized spacial score (nSPS) is 36.9. The Morgan fingerprint density at radius 2 is 2.21 bits per heavy atom. The van der Waals surface area contributed by atoms with Gasteiger partial charge in [-0.25, -0.2) is 0 Å². The van der Waals surface area contributed by atoms with Crippen LogP contribution in [0.5, 0.6) is 0 Å². The summed E-state index contributed by atoms with van der Waals surface area (Å²) in [5.74, 6) is 0.683. The van der Waals surface area contributed by atoms with E-state index in [-0.39, 0.29) is 30.6 Å². The summed E-state index contributed by atoms with van der Waals surface area (Å²) in [7, 11) is 0. The Balaban J connectivity index is 1.47. The standard InChI is InChI=1S/C15H20O4/c16-14-4-2-1-3-12(19-14)9-18-15(17)13-8-10-5-6-11(13)7-10/h5-6,10-13H,1-4,7-9H2. The highest BCUT2D eigenvalue weighted by Crippen LogP contribution is 2.43. The van der Waals surface area contributed by atoms with Crippen molar-refractivity contribution in [2.75, 3.05) is 6.61 Å². The van der Waals surface area contributed by atoms with Crippen molar-refractivity contribution in [3.63, 3.8) is 0 Å². The fourth-order valence-corrected chi connectivity index (χ4v) is 3.40. The molecule has 0 aromatic rings. The van der Waals surface area contributed by atoms with Crippen molar-refractivity contribution in [3.05, 3.63) is 12.2 Å². The Labute approximate surface area is 113 Å². The summed E-state index contributed by atoms with van der Waals surface area (Å²) < 4.78 is 10.6. The number of allylic oxidation sites excluding steroid dienone is 2. The number of hydrogen-bond acceptors (Lipinski definition) is 4. The number of carbonyl (C=O) groups excluding carboxylic acids is 2. The van der Waals surface area contributed by atoms with E-state index < -0.39 is 0 Å². The van der Waals surface area contributed by atoms with Gasteiger partial charge in [-0.2, -0.15) is 0 Å². The zero-order chi connectivity index (χ0) is 13.2. The molecule has 1 saturated carbocycles. The molecule has 2 aliphatic carbocycles. The van der Waals surface area contributed by atoms with Crippen molar-refractivity contribution in [1.29, 1.82) is 0 Å². The van der Waals surface area contributed by atoms with Crippen molar-refractivity contribution in [3.8, 4) is 0 Å². The van der Waals surface area contributed by atoms with Crippen LogP contribution < -0.4 is 0 Å². The van der Waals surface area contributed by atoms with E-state index in [0.29, 0.717) is 18.3 Å². The average molecular weight is 264 g/mol. The molecule has 1 aliphatic heterocycles. The van der Waals surface area contributed by atoms with Gasteiger partial charge in [-0.15, -0.1) is 0 Å². The van der Waals surface area contributed by atoms with Crippen LogP contribution in [0.1, 0.15) is 38.5 Å². The van der Waals surface area contributed by atoms with Crippen molar-refractivity contribution < 1.29 is 19.1 Å². The number of fused-ring (bicyclic) bond motifs is 2. The molecule has 4 nitrogen and oxygen atoms in total. The van der Waals surface area contributed by atoms with Crippen LogP contribution in [0.15, 0.2) is 12.2 Å². The molecule has 104 valence electrons. The van der Waals surface area contributed by atoms with Crippen LogP contribution in [-0.4, -0.2) is 24.6 Å². The predicted molar refractivity (Wildman–Crippen MR) is 68.2 cm³/mol. The van der Waals surface area contributed by atoms with E-state index >= 15 is 0 Å². The van der Waals surface area contributed by atoms with Gasteiger partial charge in [-0.05, 0) is 43.9 Å². The highest BCUT2D eigenvalue weighted by atomic mass is 16.6. The molecule has 19 heavy (non-hydrogen) atoms. The first-order valence-corrected chi connectivity index (χ1v) is 7.27. The molecule has 3 rings (SSSR count). The zero-order valence-corrected chi connectivity index (χ0v) is 11.0. The van der Waals surface area contributed by atoms with Crippen LogP contribution in [0, 0.1) is 17.8 Å². The summed E-state index contributed by atoms with van der Waals surface area (Å²) in [6.45, 7) is 0.224. The number of cyclic esters (lactones) is 1. The van der Waals surface area contributed by atoms with E-state index in [1.807, 2.05) is 0 Å². The molecule has 2 fully saturated rings. The first-order valence-electron chi connectivity index (χ1n) is 7.27. The second-order valence-electron chi connectivity index (χ2n) is 5.87. The molecule has 2 bridgehead atoms. The molecule has 0 N–H and O–H groups in total. The third kappa shape index (κ3) is 2.82. The average Bonchev–Trinajstić information content (AvgIpc) is 2.96. The maximum atomic E-state index is 12.0. The van der Waals surface area contributed by atoms with Gasteiger partial charge in [0, 0.05) is 6.42 Å². The number of esters is 2. The van der Waals surface area contributed by atoms with E-state index in [2.05, 4.69) is 12.2 Å². The van der Waals surface area contributed by atoms with Gasteiger partial charge < -0.3 is 9.47 Å². The lowest BCUT2D eigenvalue weighted by Gasteiger charge is -2.19. The Morgan fingerprint density at radius 3 is 2.95 bits per heavy atom. The molecule has 3 aliphatic rings. The fourth-order valence-electron chi connectivity index (χ4n) is 3.40. The minimum absolute atomic E-state index is 0.0245. The van der Waals surface area contributed by atoms with Gasteiger partial charge in [0.2, 0.25) is 0 Å². The molecular formula is C15H20O4. The predicted octanol–water partition coefficient (Wildman–Crippen LogP) is 2.23. The second kappa shape index (κ2) is 5.35. The van der Waals surface area contributed by atoms with Gasteiger partial charge in [0.15, 0.2) is 0 Å². The van der Waals surface area contributed by atoms with Crippen molar-refractivity contribution in [2.24, 2.45) is 17.8 Å². The van der Waals surface area contributed by atoms with Gasteiger partial charge in [0.25, 0.3) is 0 Å². The summed E-state index contributed by atoms with van der Waals surface area (Å²) in [6.07, 6.45) is 9.26. The molecular weight excluding hydrogens is 244 g/mol. The Morgan fingerprint density at radius 1 is 1.32 bits per heavy atom. The van der Waals surface area contributed by atoms with Crippen LogP contribution >= 0.6 is 0 Å². The van der Waals surface area contributed by atoms with E-state index in [1.54, 1.807) is 0 Å². The van der Waals surface area contributed by atoms with Crippen LogP contribution in [-0.2, 0) is 19.1 Å². The third-order valence-corrected chi connectivity index (χ3v) is 4.45. The lowest BCUT2D eigenvalue weighted by Crippen LogP contribution is -2.28. The SMILES string of the molecule is O=C1CCCCC(COC(=O)C2CC3C=CC2C3)O1. The minimum Gasteiger partial charge on any atom is -0.462 e. The molecule has 1 saturated heterocycles. The van der Waals surface area contributed by atoms with Crippen molar-refractivity contribution >= 4 is 11.9 Å². The van der Waals surface area contributed by atoms with Crippen molar-refractivity contribution in [2.45, 2.75) is 44.6 Å². The number of carbonyl (C=O) groups is 2. The summed E-state index contributed by atoms with van der Waals surface area (Å²) in [6, 6.07) is 0. The van der Waals surface area contributed by atoms with Crippen LogP contribution in [0.4, 0.5) is 0 Å². The van der Waals surface area contributed by atoms with Gasteiger partial charge in [0.1, 0.15) is 12.7 Å². The smallest absolute Gasteiger partial charge is 0.309 e. The number of ether oxygens (including phenoxy) is 2. The number of rotatable bonds is 3. The topological polar surface area (TPSA) is 52.6 Å². The Bertz CT molecular complexity index is 401. The lowest BCUT2D eigenvalue weighted by molar-refractivity contribution is -0.161. The zero-order valence-electron chi connectivity index (χ0n) is 11.0. The summed E-state index contributed by atoms with van der Waals surface area (Å²) in [5.41, 5.74) is 0. The van der Waals surface area contributed by atoms with Gasteiger partial charge in [0.05, 0.1) is 5.92 Å². The molecule has 4 unspecified atom stereocenters.